The van der Waals surface area contributed by atoms with Gasteiger partial charge in [0.2, 0.25) is 0 Å². The quantitative estimate of drug-likeness (QED) is 0.679. The van der Waals surface area contributed by atoms with Gasteiger partial charge in [-0.2, -0.15) is 0 Å². The number of anilines is 1. The molecule has 0 aromatic carbocycles. The number of nitrogens with two attached hydrogens (primary N) is 1. The lowest BCUT2D eigenvalue weighted by Crippen LogP contribution is -2.04. The largest absolute Gasteiger partial charge is 0.385 e. The number of pyridine rings is 1. The normalized spacial score (nSPS) is 10.1. The first-order valence-electron chi connectivity index (χ1n) is 5.19. The number of unbranched alkanes of at least 4 members (excludes halogenated alkanes) is 2. The fraction of sp³-hybridized carbons (Fsp3) is 0.545. The number of aryl methyl sites for hydroxylation is 1. The molecule has 0 aliphatic carbocycles. The predicted octanol–water partition coefficient (Wildman–Crippen LogP) is 1.93. The Balaban J connectivity index is 2.21. The number of nitrogens with zero attached hydrogens (tertiary/aromatic N) is 1. The zero-order chi connectivity index (χ0) is 10.2. The molecule has 0 spiro atoms. The van der Waals surface area contributed by atoms with Crippen LogP contribution in [0.4, 0.5) is 5.69 Å². The summed E-state index contributed by atoms with van der Waals surface area (Å²) in [5.74, 6) is 0. The molecule has 0 aliphatic rings. The van der Waals surface area contributed by atoms with Gasteiger partial charge in [0.15, 0.2) is 0 Å². The number of hydrogen-bond acceptors (Lipinski definition) is 3. The monoisotopic (exact) mass is 193 g/mol. The number of nitrogens with one attached hydrogen (secondary N) is 1. The van der Waals surface area contributed by atoms with Crippen LogP contribution in [-0.4, -0.2) is 18.1 Å². The van der Waals surface area contributed by atoms with Gasteiger partial charge in [0.1, 0.15) is 0 Å². The summed E-state index contributed by atoms with van der Waals surface area (Å²) in [7, 11) is 0. The summed E-state index contributed by atoms with van der Waals surface area (Å²) in [5.41, 5.74) is 7.81. The maximum absolute atomic E-state index is 5.42. The van der Waals surface area contributed by atoms with E-state index in [1.807, 2.05) is 18.5 Å². The van der Waals surface area contributed by atoms with Gasteiger partial charge >= 0.3 is 0 Å². The van der Waals surface area contributed by atoms with Gasteiger partial charge in [-0.15, -0.1) is 0 Å². The van der Waals surface area contributed by atoms with E-state index in [1.54, 1.807) is 0 Å². The van der Waals surface area contributed by atoms with E-state index in [0.29, 0.717) is 0 Å². The molecule has 3 nitrogen and oxygen atoms in total. The van der Waals surface area contributed by atoms with Crippen LogP contribution >= 0.6 is 0 Å². The molecular weight excluding hydrogens is 174 g/mol. The predicted molar refractivity (Wildman–Crippen MR) is 60.4 cm³/mol. The van der Waals surface area contributed by atoms with Crippen molar-refractivity contribution in [2.45, 2.75) is 26.2 Å². The molecule has 0 fully saturated rings. The van der Waals surface area contributed by atoms with Crippen LogP contribution in [0.25, 0.3) is 0 Å². The van der Waals surface area contributed by atoms with Crippen molar-refractivity contribution in [1.82, 2.24) is 4.98 Å². The van der Waals surface area contributed by atoms with Crippen molar-refractivity contribution in [2.24, 2.45) is 5.73 Å². The number of rotatable bonds is 6. The topological polar surface area (TPSA) is 50.9 Å². The molecular formula is C11H19N3. The first kappa shape index (κ1) is 11.0. The summed E-state index contributed by atoms with van der Waals surface area (Å²) in [6.45, 7) is 3.88. The molecule has 1 aromatic rings. The van der Waals surface area contributed by atoms with E-state index in [2.05, 4.69) is 17.2 Å². The molecule has 0 aliphatic heterocycles. The second-order valence-corrected chi connectivity index (χ2v) is 3.47. The van der Waals surface area contributed by atoms with Gasteiger partial charge in [-0.25, -0.2) is 0 Å². The molecule has 0 amide bonds. The maximum atomic E-state index is 5.42. The number of hydrogen-bond donors (Lipinski definition) is 2. The molecule has 0 saturated heterocycles. The standard InChI is InChI=1S/C11H19N3/c1-10-9-13-8-5-11(10)14-7-4-2-3-6-12/h5,8-9H,2-4,6-7,12H2,1H3,(H,13,14). The van der Waals surface area contributed by atoms with Crippen molar-refractivity contribution in [2.75, 3.05) is 18.4 Å². The first-order chi connectivity index (χ1) is 6.84. The van der Waals surface area contributed by atoms with Gasteiger partial charge in [0.25, 0.3) is 0 Å². The highest BCUT2D eigenvalue weighted by atomic mass is 14.9. The third-order valence-corrected chi connectivity index (χ3v) is 2.22. The minimum Gasteiger partial charge on any atom is -0.385 e. The molecule has 0 atom stereocenters. The molecule has 1 heterocycles. The highest BCUT2D eigenvalue weighted by Crippen LogP contribution is 2.11. The van der Waals surface area contributed by atoms with Gasteiger partial charge in [-0.1, -0.05) is 6.42 Å². The summed E-state index contributed by atoms with van der Waals surface area (Å²) in [6.07, 6.45) is 7.20. The van der Waals surface area contributed by atoms with E-state index in [1.165, 1.54) is 24.1 Å². The Kier molecular flexibility index (Phi) is 5.00. The summed E-state index contributed by atoms with van der Waals surface area (Å²) < 4.78 is 0. The van der Waals surface area contributed by atoms with E-state index in [0.717, 1.165) is 19.5 Å². The van der Waals surface area contributed by atoms with Crippen molar-refractivity contribution in [3.8, 4) is 0 Å². The zero-order valence-electron chi connectivity index (χ0n) is 8.79. The minimum absolute atomic E-state index is 0.800. The van der Waals surface area contributed by atoms with Gasteiger partial charge in [-0.05, 0) is 37.9 Å². The summed E-state index contributed by atoms with van der Waals surface area (Å²) in [4.78, 5) is 4.05. The third-order valence-electron chi connectivity index (χ3n) is 2.22. The van der Waals surface area contributed by atoms with Crippen molar-refractivity contribution in [1.29, 1.82) is 0 Å². The van der Waals surface area contributed by atoms with Crippen LogP contribution in [0.1, 0.15) is 24.8 Å². The van der Waals surface area contributed by atoms with Crippen LogP contribution in [0.5, 0.6) is 0 Å². The van der Waals surface area contributed by atoms with E-state index < -0.39 is 0 Å². The summed E-state index contributed by atoms with van der Waals surface area (Å²) in [6, 6.07) is 2.01. The average molecular weight is 193 g/mol. The average Bonchev–Trinajstić information content (AvgIpc) is 2.20. The Morgan fingerprint density at radius 2 is 2.21 bits per heavy atom. The van der Waals surface area contributed by atoms with Crippen molar-refractivity contribution >= 4 is 5.69 Å². The van der Waals surface area contributed by atoms with Crippen LogP contribution in [0.3, 0.4) is 0 Å². The van der Waals surface area contributed by atoms with Crippen molar-refractivity contribution < 1.29 is 0 Å². The minimum atomic E-state index is 0.800. The Morgan fingerprint density at radius 1 is 1.36 bits per heavy atom. The van der Waals surface area contributed by atoms with Crippen LogP contribution in [0.2, 0.25) is 0 Å². The Bertz CT molecular complexity index is 260. The van der Waals surface area contributed by atoms with Crippen LogP contribution < -0.4 is 11.1 Å². The molecule has 14 heavy (non-hydrogen) atoms. The van der Waals surface area contributed by atoms with Crippen LogP contribution in [-0.2, 0) is 0 Å². The zero-order valence-corrected chi connectivity index (χ0v) is 8.79. The fourth-order valence-electron chi connectivity index (χ4n) is 1.34. The SMILES string of the molecule is Cc1cnccc1NCCCCCN. The fourth-order valence-corrected chi connectivity index (χ4v) is 1.34. The molecule has 0 radical (unpaired) electrons. The van der Waals surface area contributed by atoms with Crippen LogP contribution in [0, 0.1) is 6.92 Å². The second-order valence-electron chi connectivity index (χ2n) is 3.47. The van der Waals surface area contributed by atoms with E-state index in [-0.39, 0.29) is 0 Å². The molecule has 1 aromatic heterocycles. The molecule has 3 N–H and O–H groups in total. The maximum Gasteiger partial charge on any atom is 0.0400 e. The molecule has 0 bridgehead atoms. The Morgan fingerprint density at radius 3 is 2.93 bits per heavy atom. The van der Waals surface area contributed by atoms with Crippen molar-refractivity contribution in [3.63, 3.8) is 0 Å². The molecule has 1 rings (SSSR count). The Labute approximate surface area is 85.7 Å². The second kappa shape index (κ2) is 6.38. The van der Waals surface area contributed by atoms with Gasteiger partial charge in [0, 0.05) is 24.6 Å². The smallest absolute Gasteiger partial charge is 0.0400 e. The highest BCUT2D eigenvalue weighted by molar-refractivity contribution is 5.48. The molecule has 3 heteroatoms. The number of aromatic nitrogens is 1. The molecule has 0 unspecified atom stereocenters. The van der Waals surface area contributed by atoms with E-state index in [4.69, 9.17) is 5.73 Å². The van der Waals surface area contributed by atoms with E-state index >= 15 is 0 Å². The third kappa shape index (κ3) is 3.75. The van der Waals surface area contributed by atoms with Gasteiger partial charge in [-0.3, -0.25) is 4.98 Å². The lowest BCUT2D eigenvalue weighted by molar-refractivity contribution is 0.707. The van der Waals surface area contributed by atoms with Gasteiger partial charge < -0.3 is 11.1 Å². The summed E-state index contributed by atoms with van der Waals surface area (Å²) in [5, 5.41) is 3.39. The van der Waals surface area contributed by atoms with Crippen molar-refractivity contribution in [3.05, 3.63) is 24.0 Å². The summed E-state index contributed by atoms with van der Waals surface area (Å²) >= 11 is 0. The molecule has 78 valence electrons. The van der Waals surface area contributed by atoms with Gasteiger partial charge in [0.05, 0.1) is 0 Å². The molecule has 0 saturated carbocycles. The lowest BCUT2D eigenvalue weighted by Gasteiger charge is -2.07. The van der Waals surface area contributed by atoms with E-state index in [9.17, 15) is 0 Å². The van der Waals surface area contributed by atoms with Crippen LogP contribution in [0.15, 0.2) is 18.5 Å². The highest BCUT2D eigenvalue weighted by Gasteiger charge is 1.95. The Hall–Kier alpha value is -1.09. The first-order valence-corrected chi connectivity index (χ1v) is 5.19. The lowest BCUT2D eigenvalue weighted by atomic mass is 10.2.